The van der Waals surface area contributed by atoms with E-state index < -0.39 is 5.97 Å². The Kier molecular flexibility index (Phi) is 31.0. The summed E-state index contributed by atoms with van der Waals surface area (Å²) in [5, 5.41) is 10.0. The van der Waals surface area contributed by atoms with E-state index >= 15 is 0 Å². The summed E-state index contributed by atoms with van der Waals surface area (Å²) in [6.45, 7) is 13.4. The van der Waals surface area contributed by atoms with Crippen molar-refractivity contribution in [2.75, 3.05) is 26.7 Å². The van der Waals surface area contributed by atoms with Crippen molar-refractivity contribution in [2.45, 2.75) is 175 Å². The van der Waals surface area contributed by atoms with E-state index in [-0.39, 0.29) is 6.42 Å². The van der Waals surface area contributed by atoms with Crippen LogP contribution in [0.4, 0.5) is 0 Å². The van der Waals surface area contributed by atoms with Crippen LogP contribution in [-0.2, 0) is 4.79 Å². The van der Waals surface area contributed by atoms with Gasteiger partial charge in [0, 0.05) is 5.97 Å². The molecule has 0 radical (unpaired) electrons. The molecule has 3 heteroatoms. The quantitative estimate of drug-likeness (QED) is 0.0882. The van der Waals surface area contributed by atoms with Gasteiger partial charge in [-0.15, -0.1) is 0 Å². The topological polar surface area (TPSA) is 40.1 Å². The predicted molar refractivity (Wildman–Crippen MR) is 155 cm³/mol. The van der Waals surface area contributed by atoms with Gasteiger partial charge in [0.05, 0.1) is 26.7 Å². The molecular weight excluding hydrogens is 430 g/mol. The highest BCUT2D eigenvalue weighted by molar-refractivity contribution is 5.63. The fraction of sp³-hybridized carbons (Fsp3) is 0.969. The van der Waals surface area contributed by atoms with E-state index in [4.69, 9.17) is 0 Å². The van der Waals surface area contributed by atoms with E-state index in [0.717, 1.165) is 12.8 Å². The summed E-state index contributed by atoms with van der Waals surface area (Å²) in [4.78, 5) is 10.0. The first-order valence-corrected chi connectivity index (χ1v) is 16.0. The summed E-state index contributed by atoms with van der Waals surface area (Å²) in [7, 11) is 2.54. The highest BCUT2D eigenvalue weighted by Gasteiger charge is 2.20. The Morgan fingerprint density at radius 2 is 0.714 bits per heavy atom. The second-order valence-corrected chi connectivity index (χ2v) is 11.3. The predicted octanol–water partition coefficient (Wildman–Crippen LogP) is 9.22. The van der Waals surface area contributed by atoms with Crippen LogP contribution in [-0.4, -0.2) is 37.1 Å². The molecule has 0 heterocycles. The van der Waals surface area contributed by atoms with Crippen LogP contribution in [0.1, 0.15) is 175 Å². The zero-order chi connectivity index (χ0) is 26.5. The molecule has 0 fully saturated rings. The number of quaternary nitrogens is 1. The number of unbranched alkanes of at least 4 members (excludes halogenated alkanes) is 18. The molecule has 0 aliphatic carbocycles. The first kappa shape index (κ1) is 36.6. The number of rotatable bonds is 26. The van der Waals surface area contributed by atoms with Crippen LogP contribution in [0.5, 0.6) is 0 Å². The largest absolute Gasteiger partial charge is 0.550 e. The lowest BCUT2D eigenvalue weighted by Gasteiger charge is -2.35. The minimum Gasteiger partial charge on any atom is -0.550 e. The summed E-state index contributed by atoms with van der Waals surface area (Å²) in [5.41, 5.74) is 0. The maximum absolute atomic E-state index is 10.0. The summed E-state index contributed by atoms with van der Waals surface area (Å²) in [6.07, 6.45) is 29.7. The number of carbonyl (C=O) groups excluding carboxylic acids is 1. The Balaban J connectivity index is 0. The minimum absolute atomic E-state index is 0.230. The van der Waals surface area contributed by atoms with Gasteiger partial charge in [-0.25, -0.2) is 0 Å². The van der Waals surface area contributed by atoms with E-state index in [2.05, 4.69) is 34.7 Å². The lowest BCUT2D eigenvalue weighted by Crippen LogP contribution is -2.46. The monoisotopic (exact) mass is 498 g/mol. The van der Waals surface area contributed by atoms with Crippen molar-refractivity contribution in [3.05, 3.63) is 0 Å². The van der Waals surface area contributed by atoms with Gasteiger partial charge in [-0.1, -0.05) is 124 Å². The SMILES string of the molecule is CCCCCCCCCC(=O)[O-].CCCCCCC[N+](C)(CCCCCCC)CCCCCCC. The van der Waals surface area contributed by atoms with Gasteiger partial charge in [-0.3, -0.25) is 0 Å². The Bertz CT molecular complexity index is 374. The Hall–Kier alpha value is -0.570. The van der Waals surface area contributed by atoms with Crippen molar-refractivity contribution >= 4 is 5.97 Å². The second-order valence-electron chi connectivity index (χ2n) is 11.3. The van der Waals surface area contributed by atoms with Crippen molar-refractivity contribution in [1.82, 2.24) is 0 Å². The molecule has 0 amide bonds. The molecule has 0 aliphatic heterocycles. The van der Waals surface area contributed by atoms with E-state index in [1.807, 2.05) is 0 Å². The zero-order valence-electron chi connectivity index (χ0n) is 25.1. The summed E-state index contributed by atoms with van der Waals surface area (Å²) in [6, 6.07) is 0. The van der Waals surface area contributed by atoms with Gasteiger partial charge in [0.25, 0.3) is 0 Å². The molecule has 0 bridgehead atoms. The number of hydrogen-bond acceptors (Lipinski definition) is 2. The molecule has 0 spiro atoms. The molecule has 0 aromatic carbocycles. The maximum atomic E-state index is 10.0. The third-order valence-electron chi connectivity index (χ3n) is 7.39. The van der Waals surface area contributed by atoms with Gasteiger partial charge in [0.2, 0.25) is 0 Å². The van der Waals surface area contributed by atoms with Crippen molar-refractivity contribution in [3.8, 4) is 0 Å². The average Bonchev–Trinajstić information content (AvgIpc) is 2.83. The van der Waals surface area contributed by atoms with Crippen LogP contribution in [0.15, 0.2) is 0 Å². The van der Waals surface area contributed by atoms with Crippen molar-refractivity contribution in [1.29, 1.82) is 0 Å². The average molecular weight is 498 g/mol. The first-order valence-electron chi connectivity index (χ1n) is 16.0. The summed E-state index contributed by atoms with van der Waals surface area (Å²) < 4.78 is 1.35. The van der Waals surface area contributed by atoms with Gasteiger partial charge >= 0.3 is 0 Å². The fourth-order valence-electron chi connectivity index (χ4n) is 4.85. The molecule has 0 atom stereocenters. The van der Waals surface area contributed by atoms with Crippen LogP contribution in [0, 0.1) is 0 Å². The van der Waals surface area contributed by atoms with E-state index in [9.17, 15) is 9.90 Å². The third-order valence-corrected chi connectivity index (χ3v) is 7.39. The van der Waals surface area contributed by atoms with Crippen LogP contribution < -0.4 is 5.11 Å². The fourth-order valence-corrected chi connectivity index (χ4v) is 4.85. The van der Waals surface area contributed by atoms with Crippen molar-refractivity contribution < 1.29 is 14.4 Å². The molecule has 212 valence electrons. The lowest BCUT2D eigenvalue weighted by atomic mass is 10.1. The molecule has 0 aromatic heterocycles. The number of aliphatic carboxylic acids is 1. The van der Waals surface area contributed by atoms with Gasteiger partial charge in [0.15, 0.2) is 0 Å². The van der Waals surface area contributed by atoms with Gasteiger partial charge < -0.3 is 14.4 Å². The highest BCUT2D eigenvalue weighted by atomic mass is 16.4. The van der Waals surface area contributed by atoms with Crippen LogP contribution in [0.2, 0.25) is 0 Å². The Labute approximate surface area is 222 Å². The first-order chi connectivity index (χ1) is 17.0. The Morgan fingerprint density at radius 1 is 0.457 bits per heavy atom. The standard InChI is InChI=1S/C22H48N.C10H20O2/c1-5-8-11-14-17-20-23(4,21-18-15-12-9-6-2)22-19-16-13-10-7-3;1-2-3-4-5-6-7-8-9-10(11)12/h5-22H2,1-4H3;2-9H2,1H3,(H,11,12)/q+1;/p-1. The summed E-state index contributed by atoms with van der Waals surface area (Å²) in [5.74, 6) is -0.913. The molecular formula is C32H67NO2. The molecule has 0 rings (SSSR count). The van der Waals surface area contributed by atoms with Crippen LogP contribution in [0.3, 0.4) is 0 Å². The smallest absolute Gasteiger partial charge is 0.0784 e. The van der Waals surface area contributed by atoms with E-state index in [1.165, 1.54) is 153 Å². The van der Waals surface area contributed by atoms with Crippen molar-refractivity contribution in [2.24, 2.45) is 0 Å². The van der Waals surface area contributed by atoms with E-state index in [1.54, 1.807) is 0 Å². The molecule has 0 aliphatic rings. The number of nitrogens with zero attached hydrogens (tertiary/aromatic N) is 1. The van der Waals surface area contributed by atoms with Gasteiger partial charge in [0.1, 0.15) is 0 Å². The number of carboxylic acids is 1. The molecule has 0 saturated heterocycles. The maximum Gasteiger partial charge on any atom is 0.0784 e. The van der Waals surface area contributed by atoms with Crippen LogP contribution in [0.25, 0.3) is 0 Å². The Morgan fingerprint density at radius 3 is 1.00 bits per heavy atom. The molecule has 0 saturated carbocycles. The highest BCUT2D eigenvalue weighted by Crippen LogP contribution is 2.15. The molecule has 0 unspecified atom stereocenters. The molecule has 35 heavy (non-hydrogen) atoms. The number of carboxylic acid groups (broad SMARTS) is 1. The van der Waals surface area contributed by atoms with Gasteiger partial charge in [-0.05, 0) is 51.4 Å². The molecule has 3 nitrogen and oxygen atoms in total. The van der Waals surface area contributed by atoms with Crippen molar-refractivity contribution in [3.63, 3.8) is 0 Å². The second kappa shape index (κ2) is 29.7. The molecule has 0 N–H and O–H groups in total. The third kappa shape index (κ3) is 31.4. The molecule has 0 aromatic rings. The minimum atomic E-state index is -0.913. The zero-order valence-corrected chi connectivity index (χ0v) is 25.1. The lowest BCUT2D eigenvalue weighted by molar-refractivity contribution is -0.910. The normalized spacial score (nSPS) is 11.3. The number of hydrogen-bond donors (Lipinski definition) is 0. The van der Waals surface area contributed by atoms with E-state index in [0.29, 0.717) is 0 Å². The summed E-state index contributed by atoms with van der Waals surface area (Å²) >= 11 is 0. The van der Waals surface area contributed by atoms with Gasteiger partial charge in [-0.2, -0.15) is 0 Å². The van der Waals surface area contributed by atoms with Crippen LogP contribution >= 0.6 is 0 Å². The number of carbonyl (C=O) groups is 1.